The van der Waals surface area contributed by atoms with E-state index in [4.69, 9.17) is 4.55 Å². The van der Waals surface area contributed by atoms with E-state index >= 15 is 0 Å². The maximum absolute atomic E-state index is 12.7. The summed E-state index contributed by atoms with van der Waals surface area (Å²) in [6, 6.07) is 3.04. The molecule has 2 N–H and O–H groups in total. The van der Waals surface area contributed by atoms with Gasteiger partial charge >= 0.3 is 0 Å². The Kier molecular flexibility index (Phi) is 3.27. The number of pyridine rings is 1. The monoisotopic (exact) mass is 190 g/mol. The fraction of sp³-hybridized carbons (Fsp3) is 0.167. The van der Waals surface area contributed by atoms with Gasteiger partial charge in [-0.25, -0.2) is 13.9 Å². The lowest BCUT2D eigenvalue weighted by Crippen LogP contribution is -2.16. The van der Waals surface area contributed by atoms with Crippen molar-refractivity contribution in [2.24, 2.45) is 0 Å². The zero-order chi connectivity index (χ0) is 8.97. The van der Waals surface area contributed by atoms with Gasteiger partial charge in [0.2, 0.25) is 17.2 Å². The number of halogens is 1. The minimum Gasteiger partial charge on any atom is -0.294 e. The van der Waals surface area contributed by atoms with Gasteiger partial charge in [0.05, 0.1) is 0 Å². The summed E-state index contributed by atoms with van der Waals surface area (Å²) in [7, 11) is 0. The standard InChI is InChI=1S/C6H7FN2O2S/c7-6-5(2-1-3-8-6)4-9-12(10)11/h1-3,9H,4H2,(H,10,11). The Bertz CT molecular complexity index is 295. The van der Waals surface area contributed by atoms with Crippen LogP contribution in [0.2, 0.25) is 0 Å². The summed E-state index contributed by atoms with van der Waals surface area (Å²) in [5.41, 5.74) is 0.264. The topological polar surface area (TPSA) is 62.2 Å². The van der Waals surface area contributed by atoms with E-state index in [2.05, 4.69) is 9.71 Å². The lowest BCUT2D eigenvalue weighted by molar-refractivity contribution is 0.539. The number of aromatic nitrogens is 1. The highest BCUT2D eigenvalue weighted by Crippen LogP contribution is 2.01. The Hall–Kier alpha value is -0.850. The van der Waals surface area contributed by atoms with Crippen LogP contribution in [0.25, 0.3) is 0 Å². The number of hydrogen-bond acceptors (Lipinski definition) is 2. The van der Waals surface area contributed by atoms with Crippen LogP contribution in [0.3, 0.4) is 0 Å². The van der Waals surface area contributed by atoms with Crippen LogP contribution in [0.15, 0.2) is 18.3 Å². The van der Waals surface area contributed by atoms with Gasteiger partial charge in [0.15, 0.2) is 0 Å². The molecule has 12 heavy (non-hydrogen) atoms. The van der Waals surface area contributed by atoms with Crippen molar-refractivity contribution in [3.05, 3.63) is 29.8 Å². The zero-order valence-corrected chi connectivity index (χ0v) is 6.84. The van der Waals surface area contributed by atoms with Gasteiger partial charge < -0.3 is 0 Å². The smallest absolute Gasteiger partial charge is 0.232 e. The summed E-state index contributed by atoms with van der Waals surface area (Å²) in [6.07, 6.45) is 1.31. The van der Waals surface area contributed by atoms with Crippen LogP contribution in [0.5, 0.6) is 0 Å². The molecule has 0 saturated carbocycles. The van der Waals surface area contributed by atoms with E-state index in [1.807, 2.05) is 0 Å². The second kappa shape index (κ2) is 4.24. The van der Waals surface area contributed by atoms with Crippen molar-refractivity contribution in [1.29, 1.82) is 0 Å². The van der Waals surface area contributed by atoms with Crippen molar-refractivity contribution < 1.29 is 13.2 Å². The molecule has 0 aromatic carbocycles. The highest BCUT2D eigenvalue weighted by molar-refractivity contribution is 7.77. The second-order valence-corrected chi connectivity index (χ2v) is 2.81. The first-order chi connectivity index (χ1) is 5.70. The Morgan fingerprint density at radius 3 is 3.08 bits per heavy atom. The Morgan fingerprint density at radius 2 is 2.50 bits per heavy atom. The SMILES string of the molecule is O=S(O)NCc1cccnc1F. The third-order valence-corrected chi connectivity index (χ3v) is 1.61. The normalized spacial score (nSPS) is 12.8. The zero-order valence-electron chi connectivity index (χ0n) is 6.03. The molecule has 0 aliphatic rings. The minimum atomic E-state index is -2.12. The van der Waals surface area contributed by atoms with Crippen LogP contribution in [0, 0.1) is 5.95 Å². The molecule has 0 radical (unpaired) electrons. The molecule has 0 bridgehead atoms. The van der Waals surface area contributed by atoms with Gasteiger partial charge in [-0.1, -0.05) is 6.07 Å². The predicted molar refractivity (Wildman–Crippen MR) is 41.8 cm³/mol. The van der Waals surface area contributed by atoms with Crippen LogP contribution < -0.4 is 4.72 Å². The van der Waals surface area contributed by atoms with E-state index in [1.54, 1.807) is 6.07 Å². The van der Waals surface area contributed by atoms with Crippen molar-refractivity contribution in [3.8, 4) is 0 Å². The van der Waals surface area contributed by atoms with E-state index in [0.29, 0.717) is 0 Å². The molecule has 1 heterocycles. The van der Waals surface area contributed by atoms with Crippen molar-refractivity contribution in [2.45, 2.75) is 6.54 Å². The number of nitrogens with zero attached hydrogens (tertiary/aromatic N) is 1. The van der Waals surface area contributed by atoms with Crippen LogP contribution in [0.1, 0.15) is 5.56 Å². The highest BCUT2D eigenvalue weighted by atomic mass is 32.2. The molecule has 1 atom stereocenters. The molecule has 6 heteroatoms. The van der Waals surface area contributed by atoms with Crippen molar-refractivity contribution in [1.82, 2.24) is 9.71 Å². The summed E-state index contributed by atoms with van der Waals surface area (Å²) in [5.74, 6) is -0.629. The quantitative estimate of drug-likeness (QED) is 0.537. The third kappa shape index (κ3) is 2.65. The molecule has 0 spiro atoms. The van der Waals surface area contributed by atoms with Crippen LogP contribution >= 0.6 is 0 Å². The molecule has 0 aliphatic carbocycles. The number of nitrogens with one attached hydrogen (secondary N) is 1. The van der Waals surface area contributed by atoms with Crippen LogP contribution in [0.4, 0.5) is 4.39 Å². The summed E-state index contributed by atoms with van der Waals surface area (Å²) in [6.45, 7) is -0.0111. The van der Waals surface area contributed by atoms with E-state index in [0.717, 1.165) is 0 Å². The molecule has 1 rings (SSSR count). The molecule has 0 fully saturated rings. The Balaban J connectivity index is 2.63. The van der Waals surface area contributed by atoms with Gasteiger partial charge in [0.25, 0.3) is 0 Å². The van der Waals surface area contributed by atoms with Gasteiger partial charge in [-0.2, -0.15) is 4.39 Å². The van der Waals surface area contributed by atoms with Crippen molar-refractivity contribution in [2.75, 3.05) is 0 Å². The lowest BCUT2D eigenvalue weighted by Gasteiger charge is -1.99. The minimum absolute atomic E-state index is 0.0111. The van der Waals surface area contributed by atoms with E-state index < -0.39 is 17.2 Å². The van der Waals surface area contributed by atoms with Gasteiger partial charge in [-0.15, -0.1) is 0 Å². The number of rotatable bonds is 3. The Morgan fingerprint density at radius 1 is 1.75 bits per heavy atom. The second-order valence-electron chi connectivity index (χ2n) is 2.02. The first-order valence-electron chi connectivity index (χ1n) is 3.14. The average molecular weight is 190 g/mol. The lowest BCUT2D eigenvalue weighted by atomic mass is 10.3. The first-order valence-corrected chi connectivity index (χ1v) is 4.24. The molecule has 0 amide bonds. The predicted octanol–water partition coefficient (Wildman–Crippen LogP) is 0.447. The summed E-state index contributed by atoms with van der Waals surface area (Å²) >= 11 is -2.12. The summed E-state index contributed by atoms with van der Waals surface area (Å²) in [4.78, 5) is 3.37. The fourth-order valence-electron chi connectivity index (χ4n) is 0.691. The third-order valence-electron chi connectivity index (χ3n) is 1.22. The van der Waals surface area contributed by atoms with Crippen LogP contribution in [-0.2, 0) is 17.8 Å². The summed E-state index contributed by atoms with van der Waals surface area (Å²) in [5, 5.41) is 0. The molecular weight excluding hydrogens is 183 g/mol. The Labute approximate surface area is 71.2 Å². The van der Waals surface area contributed by atoms with E-state index in [-0.39, 0.29) is 12.1 Å². The summed E-state index contributed by atoms with van der Waals surface area (Å²) < 4.78 is 33.3. The molecular formula is C6H7FN2O2S. The van der Waals surface area contributed by atoms with Gasteiger partial charge in [0.1, 0.15) is 0 Å². The highest BCUT2D eigenvalue weighted by Gasteiger charge is 2.01. The van der Waals surface area contributed by atoms with Gasteiger partial charge in [-0.05, 0) is 6.07 Å². The largest absolute Gasteiger partial charge is 0.294 e. The van der Waals surface area contributed by atoms with E-state index in [1.165, 1.54) is 12.3 Å². The van der Waals surface area contributed by atoms with Gasteiger partial charge in [-0.3, -0.25) is 4.55 Å². The molecule has 0 aliphatic heterocycles. The van der Waals surface area contributed by atoms with Gasteiger partial charge in [0, 0.05) is 18.3 Å². The molecule has 1 aromatic heterocycles. The van der Waals surface area contributed by atoms with Crippen LogP contribution in [-0.4, -0.2) is 13.7 Å². The molecule has 1 aromatic rings. The van der Waals surface area contributed by atoms with Crippen molar-refractivity contribution in [3.63, 3.8) is 0 Å². The fourth-order valence-corrected chi connectivity index (χ4v) is 0.970. The molecule has 66 valence electrons. The molecule has 1 unspecified atom stereocenters. The first kappa shape index (κ1) is 9.24. The molecule has 4 nitrogen and oxygen atoms in total. The maximum atomic E-state index is 12.7. The maximum Gasteiger partial charge on any atom is 0.232 e. The van der Waals surface area contributed by atoms with E-state index in [9.17, 15) is 8.60 Å². The number of hydrogen-bond donors (Lipinski definition) is 2. The molecule has 0 saturated heterocycles. The van der Waals surface area contributed by atoms with Crippen molar-refractivity contribution >= 4 is 11.3 Å². The average Bonchev–Trinajstić information content (AvgIpc) is 2.03.